The quantitative estimate of drug-likeness (QED) is 0.621. The van der Waals surface area contributed by atoms with Crippen LogP contribution in [0.25, 0.3) is 0 Å². The van der Waals surface area contributed by atoms with Gasteiger partial charge in [0.15, 0.2) is 11.5 Å². The summed E-state index contributed by atoms with van der Waals surface area (Å²) in [4.78, 5) is 11.6. The van der Waals surface area contributed by atoms with E-state index in [-0.39, 0.29) is 11.9 Å². The van der Waals surface area contributed by atoms with E-state index < -0.39 is 0 Å². The molecular formula is C20H29N3O4. The van der Waals surface area contributed by atoms with Crippen molar-refractivity contribution in [3.8, 4) is 11.5 Å². The minimum atomic E-state index is 0.0538. The summed E-state index contributed by atoms with van der Waals surface area (Å²) in [6.07, 6.45) is 0.452. The third-order valence-electron chi connectivity index (χ3n) is 4.09. The van der Waals surface area contributed by atoms with Gasteiger partial charge in [0, 0.05) is 25.6 Å². The van der Waals surface area contributed by atoms with E-state index in [1.807, 2.05) is 45.9 Å². The Hall–Kier alpha value is -2.54. The van der Waals surface area contributed by atoms with E-state index in [1.165, 1.54) is 0 Å². The van der Waals surface area contributed by atoms with Crippen LogP contribution in [0.5, 0.6) is 11.5 Å². The summed E-state index contributed by atoms with van der Waals surface area (Å²) < 4.78 is 16.5. The fourth-order valence-corrected chi connectivity index (χ4v) is 2.63. The highest BCUT2D eigenvalue weighted by molar-refractivity contribution is 5.76. The van der Waals surface area contributed by atoms with Crippen LogP contribution in [0.3, 0.4) is 0 Å². The number of nitrogens with zero attached hydrogens (tertiary/aromatic N) is 1. The van der Waals surface area contributed by atoms with Gasteiger partial charge in [-0.1, -0.05) is 11.2 Å². The van der Waals surface area contributed by atoms with Gasteiger partial charge in [-0.25, -0.2) is 0 Å². The molecule has 1 amide bonds. The molecule has 0 bridgehead atoms. The lowest BCUT2D eigenvalue weighted by Crippen LogP contribution is -2.32. The van der Waals surface area contributed by atoms with Gasteiger partial charge in [-0.15, -0.1) is 0 Å². The average molecular weight is 375 g/mol. The molecule has 2 rings (SSSR count). The summed E-state index contributed by atoms with van der Waals surface area (Å²) in [6.45, 7) is 9.30. The van der Waals surface area contributed by atoms with Crippen LogP contribution < -0.4 is 20.1 Å². The molecule has 7 heteroatoms. The molecule has 7 nitrogen and oxygen atoms in total. The molecule has 0 radical (unpaired) electrons. The zero-order valence-corrected chi connectivity index (χ0v) is 16.7. The van der Waals surface area contributed by atoms with Gasteiger partial charge in [0.2, 0.25) is 5.91 Å². The smallest absolute Gasteiger partial charge is 0.221 e. The van der Waals surface area contributed by atoms with Crippen LogP contribution >= 0.6 is 0 Å². The highest BCUT2D eigenvalue weighted by Crippen LogP contribution is 2.29. The largest absolute Gasteiger partial charge is 0.493 e. The molecule has 148 valence electrons. The van der Waals surface area contributed by atoms with Crippen molar-refractivity contribution >= 4 is 5.91 Å². The molecule has 1 aromatic heterocycles. The van der Waals surface area contributed by atoms with Gasteiger partial charge in [0.25, 0.3) is 0 Å². The molecule has 27 heavy (non-hydrogen) atoms. The van der Waals surface area contributed by atoms with Gasteiger partial charge in [-0.3, -0.25) is 4.79 Å². The molecule has 0 saturated carbocycles. The Morgan fingerprint density at radius 2 is 2.04 bits per heavy atom. The van der Waals surface area contributed by atoms with Crippen LogP contribution in [0.2, 0.25) is 0 Å². The Morgan fingerprint density at radius 3 is 2.67 bits per heavy atom. The second-order valence-corrected chi connectivity index (χ2v) is 6.73. The van der Waals surface area contributed by atoms with E-state index in [9.17, 15) is 4.79 Å². The van der Waals surface area contributed by atoms with Gasteiger partial charge in [-0.2, -0.15) is 0 Å². The number of aryl methyl sites for hydroxylation is 2. The number of carbonyl (C=O) groups excluding carboxylic acids is 1. The molecule has 1 aromatic carbocycles. The van der Waals surface area contributed by atoms with Crippen LogP contribution in [0, 0.1) is 13.8 Å². The number of carbonyl (C=O) groups is 1. The first-order valence-electron chi connectivity index (χ1n) is 9.12. The summed E-state index contributed by atoms with van der Waals surface area (Å²) in [6, 6.07) is 5.97. The van der Waals surface area contributed by atoms with Gasteiger partial charge in [-0.05, 0) is 45.4 Å². The Bertz CT molecular complexity index is 736. The van der Waals surface area contributed by atoms with Gasteiger partial charge in [0.05, 0.1) is 18.4 Å². The predicted molar refractivity (Wildman–Crippen MR) is 103 cm³/mol. The summed E-state index contributed by atoms with van der Waals surface area (Å²) in [5.41, 5.74) is 2.83. The van der Waals surface area contributed by atoms with Crippen LogP contribution in [-0.4, -0.2) is 30.8 Å². The summed E-state index contributed by atoms with van der Waals surface area (Å²) in [7, 11) is 1.62. The summed E-state index contributed by atoms with van der Waals surface area (Å²) >= 11 is 0. The third-order valence-corrected chi connectivity index (χ3v) is 4.09. The van der Waals surface area contributed by atoms with Crippen molar-refractivity contribution in [2.75, 3.05) is 13.7 Å². The van der Waals surface area contributed by atoms with Crippen LogP contribution in [0.4, 0.5) is 0 Å². The number of nitrogens with one attached hydrogen (secondary N) is 2. The van der Waals surface area contributed by atoms with Crippen molar-refractivity contribution < 1.29 is 18.8 Å². The van der Waals surface area contributed by atoms with Crippen molar-refractivity contribution in [3.63, 3.8) is 0 Å². The molecule has 2 aromatic rings. The Morgan fingerprint density at radius 1 is 1.26 bits per heavy atom. The number of hydrogen-bond acceptors (Lipinski definition) is 6. The normalized spacial score (nSPS) is 10.9. The molecule has 0 atom stereocenters. The molecule has 0 spiro atoms. The Balaban J connectivity index is 1.87. The molecule has 0 fully saturated rings. The third kappa shape index (κ3) is 6.29. The van der Waals surface area contributed by atoms with Crippen molar-refractivity contribution in [1.82, 2.24) is 15.8 Å². The predicted octanol–water partition coefficient (Wildman–Crippen LogP) is 2.88. The zero-order valence-electron chi connectivity index (χ0n) is 16.7. The molecule has 0 aliphatic carbocycles. The fourth-order valence-electron chi connectivity index (χ4n) is 2.63. The summed E-state index contributed by atoms with van der Waals surface area (Å²) in [5, 5.41) is 10.1. The molecular weight excluding hydrogens is 346 g/mol. The van der Waals surface area contributed by atoms with Gasteiger partial charge >= 0.3 is 0 Å². The number of rotatable bonds is 10. The second-order valence-electron chi connectivity index (χ2n) is 6.73. The number of benzene rings is 1. The highest BCUT2D eigenvalue weighted by Gasteiger charge is 2.12. The minimum Gasteiger partial charge on any atom is -0.493 e. The lowest BCUT2D eigenvalue weighted by Gasteiger charge is -2.13. The zero-order chi connectivity index (χ0) is 19.8. The maximum Gasteiger partial charge on any atom is 0.221 e. The summed E-state index contributed by atoms with van der Waals surface area (Å²) in [5.74, 6) is 2.14. The van der Waals surface area contributed by atoms with E-state index in [0.717, 1.165) is 22.6 Å². The maximum atomic E-state index is 11.6. The number of amides is 1. The van der Waals surface area contributed by atoms with Gasteiger partial charge < -0.3 is 24.6 Å². The first-order valence-corrected chi connectivity index (χ1v) is 9.12. The van der Waals surface area contributed by atoms with Crippen LogP contribution in [0.15, 0.2) is 22.7 Å². The molecule has 0 unspecified atom stereocenters. The van der Waals surface area contributed by atoms with Crippen LogP contribution in [-0.2, 0) is 17.9 Å². The Labute approximate surface area is 160 Å². The Kier molecular flexibility index (Phi) is 7.67. The topological polar surface area (TPSA) is 85.6 Å². The van der Waals surface area contributed by atoms with E-state index >= 15 is 0 Å². The minimum absolute atomic E-state index is 0.0538. The van der Waals surface area contributed by atoms with E-state index in [2.05, 4.69) is 15.8 Å². The first kappa shape index (κ1) is 20.8. The fraction of sp³-hybridized carbons (Fsp3) is 0.500. The number of hydrogen-bond donors (Lipinski definition) is 2. The van der Waals surface area contributed by atoms with Crippen molar-refractivity contribution in [3.05, 3.63) is 40.8 Å². The molecule has 0 saturated heterocycles. The number of aromatic nitrogens is 1. The molecule has 0 aliphatic rings. The lowest BCUT2D eigenvalue weighted by molar-refractivity contribution is -0.121. The monoisotopic (exact) mass is 375 g/mol. The SMILES string of the molecule is COc1cc(CNCCC(=O)NC(C)C)ccc1OCc1c(C)noc1C. The van der Waals surface area contributed by atoms with Crippen molar-refractivity contribution in [2.45, 2.75) is 53.3 Å². The van der Waals surface area contributed by atoms with E-state index in [0.29, 0.717) is 37.6 Å². The highest BCUT2D eigenvalue weighted by atomic mass is 16.5. The number of methoxy groups -OCH3 is 1. The molecule has 0 aliphatic heterocycles. The average Bonchev–Trinajstić information content (AvgIpc) is 2.94. The number of ether oxygens (including phenoxy) is 2. The van der Waals surface area contributed by atoms with Crippen molar-refractivity contribution in [2.24, 2.45) is 0 Å². The first-order chi connectivity index (χ1) is 12.9. The lowest BCUT2D eigenvalue weighted by atomic mass is 10.2. The standard InChI is InChI=1S/C20H29N3O4/c1-13(2)22-20(24)8-9-21-11-16-6-7-18(19(10-16)25-5)26-12-17-14(3)23-27-15(17)4/h6-7,10,13,21H,8-9,11-12H2,1-5H3,(H,22,24). The van der Waals surface area contributed by atoms with Crippen molar-refractivity contribution in [1.29, 1.82) is 0 Å². The second kappa shape index (κ2) is 9.97. The van der Waals surface area contributed by atoms with Crippen LogP contribution in [0.1, 0.15) is 42.8 Å². The molecule has 2 N–H and O–H groups in total. The maximum absolute atomic E-state index is 11.6. The van der Waals surface area contributed by atoms with E-state index in [1.54, 1.807) is 7.11 Å². The van der Waals surface area contributed by atoms with E-state index in [4.69, 9.17) is 14.0 Å². The molecule has 1 heterocycles. The van der Waals surface area contributed by atoms with Gasteiger partial charge in [0.1, 0.15) is 12.4 Å².